The van der Waals surface area contributed by atoms with Crippen molar-refractivity contribution in [3.05, 3.63) is 35.9 Å². The van der Waals surface area contributed by atoms with E-state index in [-0.39, 0.29) is 0 Å². The van der Waals surface area contributed by atoms with E-state index in [4.69, 9.17) is 0 Å². The number of hydrogen-bond donors (Lipinski definition) is 1. The van der Waals surface area contributed by atoms with Crippen molar-refractivity contribution in [1.29, 1.82) is 0 Å². The monoisotopic (exact) mass is 287 g/mol. The molecule has 0 aromatic heterocycles. The molecule has 0 aliphatic heterocycles. The van der Waals surface area contributed by atoms with Crippen LogP contribution in [0.5, 0.6) is 0 Å². The number of nitrogens with one attached hydrogen (secondary N) is 1. The van der Waals surface area contributed by atoms with E-state index < -0.39 is 0 Å². The van der Waals surface area contributed by atoms with Crippen LogP contribution in [0.15, 0.2) is 30.3 Å². The summed E-state index contributed by atoms with van der Waals surface area (Å²) in [6.45, 7) is 10.7. The smallest absolute Gasteiger partial charge is 0.00674 e. The van der Waals surface area contributed by atoms with Gasteiger partial charge in [0.15, 0.2) is 0 Å². The van der Waals surface area contributed by atoms with Gasteiger partial charge in [0.2, 0.25) is 0 Å². The Morgan fingerprint density at radius 1 is 1.05 bits per heavy atom. The largest absolute Gasteiger partial charge is 0.313 e. The van der Waals surface area contributed by atoms with Crippen molar-refractivity contribution in [2.75, 3.05) is 6.54 Å². The first-order valence-corrected chi connectivity index (χ1v) is 8.75. The maximum Gasteiger partial charge on any atom is 0.00674 e. The first-order chi connectivity index (χ1) is 9.97. The van der Waals surface area contributed by atoms with Crippen molar-refractivity contribution in [3.63, 3.8) is 0 Å². The average Bonchev–Trinajstić information content (AvgIpc) is 2.71. The quantitative estimate of drug-likeness (QED) is 0.734. The molecule has 0 heterocycles. The van der Waals surface area contributed by atoms with Crippen LogP contribution in [0.4, 0.5) is 0 Å². The Labute approximate surface area is 131 Å². The molecule has 0 radical (unpaired) electrons. The third kappa shape index (κ3) is 5.14. The van der Waals surface area contributed by atoms with Crippen LogP contribution < -0.4 is 5.32 Å². The van der Waals surface area contributed by atoms with E-state index in [9.17, 15) is 0 Å². The van der Waals surface area contributed by atoms with E-state index in [0.29, 0.717) is 11.3 Å². The van der Waals surface area contributed by atoms with Crippen molar-refractivity contribution in [2.45, 2.75) is 71.8 Å². The van der Waals surface area contributed by atoms with Gasteiger partial charge in [0.25, 0.3) is 0 Å². The van der Waals surface area contributed by atoms with Gasteiger partial charge in [-0.1, -0.05) is 64.4 Å². The molecule has 0 bridgehead atoms. The minimum Gasteiger partial charge on any atom is -0.313 e. The van der Waals surface area contributed by atoms with Crippen LogP contribution in [0.1, 0.15) is 71.3 Å². The Morgan fingerprint density at radius 2 is 1.76 bits per heavy atom. The van der Waals surface area contributed by atoms with Gasteiger partial charge in [-0.15, -0.1) is 0 Å². The summed E-state index contributed by atoms with van der Waals surface area (Å²) in [6.07, 6.45) is 6.90. The molecule has 21 heavy (non-hydrogen) atoms. The van der Waals surface area contributed by atoms with Crippen molar-refractivity contribution in [3.8, 4) is 0 Å². The number of rotatable bonds is 4. The summed E-state index contributed by atoms with van der Waals surface area (Å²) in [5.41, 5.74) is 1.93. The molecule has 1 aliphatic carbocycles. The van der Waals surface area contributed by atoms with Gasteiger partial charge in [0.1, 0.15) is 0 Å². The van der Waals surface area contributed by atoms with Gasteiger partial charge in [-0.25, -0.2) is 0 Å². The van der Waals surface area contributed by atoms with E-state index in [1.165, 1.54) is 37.7 Å². The van der Waals surface area contributed by atoms with Crippen molar-refractivity contribution in [2.24, 2.45) is 11.3 Å². The minimum absolute atomic E-state index is 0.478. The molecule has 3 atom stereocenters. The van der Waals surface area contributed by atoms with E-state index in [0.717, 1.165) is 18.5 Å². The van der Waals surface area contributed by atoms with E-state index in [1.54, 1.807) is 0 Å². The Bertz CT molecular complexity index is 404. The summed E-state index contributed by atoms with van der Waals surface area (Å²) in [4.78, 5) is 0. The topological polar surface area (TPSA) is 12.0 Å². The second-order valence-electron chi connectivity index (χ2n) is 7.99. The maximum absolute atomic E-state index is 3.83. The molecule has 1 heteroatoms. The van der Waals surface area contributed by atoms with Crippen LogP contribution in [0.2, 0.25) is 0 Å². The van der Waals surface area contributed by atoms with Crippen LogP contribution >= 0.6 is 0 Å². The van der Waals surface area contributed by atoms with Gasteiger partial charge < -0.3 is 5.32 Å². The zero-order valence-corrected chi connectivity index (χ0v) is 14.4. The lowest BCUT2D eigenvalue weighted by molar-refractivity contribution is 0.213. The highest BCUT2D eigenvalue weighted by atomic mass is 14.9. The minimum atomic E-state index is 0.478. The molecule has 1 saturated carbocycles. The van der Waals surface area contributed by atoms with Crippen molar-refractivity contribution in [1.82, 2.24) is 5.32 Å². The normalized spacial score (nSPS) is 25.3. The molecule has 1 aromatic rings. The molecule has 1 nitrogen and oxygen atoms in total. The fourth-order valence-corrected chi connectivity index (χ4v) is 3.61. The summed E-state index contributed by atoms with van der Waals surface area (Å²) in [5.74, 6) is 1.50. The van der Waals surface area contributed by atoms with Gasteiger partial charge in [0, 0.05) is 12.6 Å². The lowest BCUT2D eigenvalue weighted by Crippen LogP contribution is -2.32. The first kappa shape index (κ1) is 16.5. The molecular weight excluding hydrogens is 254 g/mol. The molecule has 118 valence electrons. The Morgan fingerprint density at radius 3 is 2.43 bits per heavy atom. The zero-order valence-electron chi connectivity index (χ0n) is 14.4. The highest BCUT2D eigenvalue weighted by molar-refractivity contribution is 5.19. The third-order valence-corrected chi connectivity index (χ3v) is 5.27. The second-order valence-corrected chi connectivity index (χ2v) is 7.99. The fourth-order valence-electron chi connectivity index (χ4n) is 3.61. The van der Waals surface area contributed by atoms with E-state index in [2.05, 4.69) is 63.3 Å². The second kappa shape index (κ2) is 7.45. The Balaban J connectivity index is 1.79. The number of hydrogen-bond acceptors (Lipinski definition) is 1. The Kier molecular flexibility index (Phi) is 5.87. The molecule has 1 aromatic carbocycles. The van der Waals surface area contributed by atoms with E-state index >= 15 is 0 Å². The van der Waals surface area contributed by atoms with Crippen molar-refractivity contribution < 1.29 is 0 Å². The average molecular weight is 287 g/mol. The molecule has 3 unspecified atom stereocenters. The standard InChI is InChI=1S/C20H33N/c1-16(17-9-6-5-7-10-17)15-21-19-12-8-11-18(13-14-19)20(2,3)4/h5-7,9-10,16,18-19,21H,8,11-15H2,1-4H3. The van der Waals surface area contributed by atoms with E-state index in [1.807, 2.05) is 0 Å². The van der Waals surface area contributed by atoms with Gasteiger partial charge in [-0.3, -0.25) is 0 Å². The predicted molar refractivity (Wildman–Crippen MR) is 92.7 cm³/mol. The Hall–Kier alpha value is -0.820. The number of benzene rings is 1. The van der Waals surface area contributed by atoms with Gasteiger partial charge >= 0.3 is 0 Å². The molecule has 0 saturated heterocycles. The molecule has 1 fully saturated rings. The van der Waals surface area contributed by atoms with Crippen LogP contribution in [0.25, 0.3) is 0 Å². The lowest BCUT2D eigenvalue weighted by Gasteiger charge is -2.29. The predicted octanol–water partition coefficient (Wildman–Crippen LogP) is 5.37. The van der Waals surface area contributed by atoms with Gasteiger partial charge in [-0.2, -0.15) is 0 Å². The highest BCUT2D eigenvalue weighted by Crippen LogP contribution is 2.36. The molecule has 0 amide bonds. The third-order valence-electron chi connectivity index (χ3n) is 5.27. The summed E-state index contributed by atoms with van der Waals surface area (Å²) in [7, 11) is 0. The molecule has 1 N–H and O–H groups in total. The summed E-state index contributed by atoms with van der Waals surface area (Å²) >= 11 is 0. The molecule has 1 aliphatic rings. The SMILES string of the molecule is CC(CNC1CCCC(C(C)(C)C)CC1)c1ccccc1. The summed E-state index contributed by atoms with van der Waals surface area (Å²) < 4.78 is 0. The fraction of sp³-hybridized carbons (Fsp3) is 0.700. The molecular formula is C20H33N. The molecule has 2 rings (SSSR count). The lowest BCUT2D eigenvalue weighted by atomic mass is 9.76. The zero-order chi connectivity index (χ0) is 15.3. The summed E-state index contributed by atoms with van der Waals surface area (Å²) in [6, 6.07) is 11.6. The van der Waals surface area contributed by atoms with Gasteiger partial charge in [-0.05, 0) is 48.5 Å². The van der Waals surface area contributed by atoms with Gasteiger partial charge in [0.05, 0.1) is 0 Å². The van der Waals surface area contributed by atoms with Crippen molar-refractivity contribution >= 4 is 0 Å². The van der Waals surface area contributed by atoms with Crippen LogP contribution in [0, 0.1) is 11.3 Å². The highest BCUT2D eigenvalue weighted by Gasteiger charge is 2.27. The van der Waals surface area contributed by atoms with Crippen LogP contribution in [0.3, 0.4) is 0 Å². The van der Waals surface area contributed by atoms with Crippen LogP contribution in [-0.4, -0.2) is 12.6 Å². The van der Waals surface area contributed by atoms with Crippen LogP contribution in [-0.2, 0) is 0 Å². The molecule has 0 spiro atoms. The first-order valence-electron chi connectivity index (χ1n) is 8.75. The maximum atomic E-state index is 3.83. The summed E-state index contributed by atoms with van der Waals surface area (Å²) in [5, 5.41) is 3.83.